The summed E-state index contributed by atoms with van der Waals surface area (Å²) in [5, 5.41) is 10.7. The van der Waals surface area contributed by atoms with Crippen LogP contribution in [0.5, 0.6) is 0 Å². The minimum atomic E-state index is -0.842. The standard InChI is InChI=1S/C6H7NO2S/c7-6-4(1-2-10-6)3-5(8)9/h1-2H,3,7H2,(H,8,9). The Morgan fingerprint density at radius 2 is 2.50 bits per heavy atom. The molecule has 0 aliphatic heterocycles. The second-order valence-electron chi connectivity index (χ2n) is 1.88. The van der Waals surface area contributed by atoms with E-state index in [9.17, 15) is 4.79 Å². The van der Waals surface area contributed by atoms with E-state index in [1.165, 1.54) is 11.3 Å². The topological polar surface area (TPSA) is 63.3 Å². The Bertz CT molecular complexity index is 244. The van der Waals surface area contributed by atoms with Crippen LogP contribution in [0.1, 0.15) is 5.56 Å². The van der Waals surface area contributed by atoms with Crippen LogP contribution in [0.2, 0.25) is 0 Å². The fourth-order valence-corrected chi connectivity index (χ4v) is 1.33. The predicted octanol–water partition coefficient (Wildman–Crippen LogP) is 0.957. The largest absolute Gasteiger partial charge is 0.481 e. The first-order chi connectivity index (χ1) is 4.70. The van der Waals surface area contributed by atoms with Gasteiger partial charge in [0.1, 0.15) is 0 Å². The molecule has 0 fully saturated rings. The monoisotopic (exact) mass is 157 g/mol. The summed E-state index contributed by atoms with van der Waals surface area (Å²) in [6.07, 6.45) is 0.0231. The van der Waals surface area contributed by atoms with Crippen molar-refractivity contribution in [1.82, 2.24) is 0 Å². The summed E-state index contributed by atoms with van der Waals surface area (Å²) in [5.41, 5.74) is 6.15. The van der Waals surface area contributed by atoms with Gasteiger partial charge in [-0.2, -0.15) is 0 Å². The SMILES string of the molecule is Nc1sccc1CC(=O)O. The van der Waals surface area contributed by atoms with Crippen LogP contribution >= 0.6 is 11.3 Å². The van der Waals surface area contributed by atoms with E-state index in [0.29, 0.717) is 10.6 Å². The molecule has 1 rings (SSSR count). The molecule has 0 radical (unpaired) electrons. The number of anilines is 1. The van der Waals surface area contributed by atoms with E-state index in [1.807, 2.05) is 0 Å². The summed E-state index contributed by atoms with van der Waals surface area (Å²) >= 11 is 1.36. The third-order valence-electron chi connectivity index (χ3n) is 1.12. The number of rotatable bonds is 2. The van der Waals surface area contributed by atoms with Crippen molar-refractivity contribution in [2.75, 3.05) is 5.73 Å². The third-order valence-corrected chi connectivity index (χ3v) is 1.91. The summed E-state index contributed by atoms with van der Waals surface area (Å²) in [4.78, 5) is 10.2. The van der Waals surface area contributed by atoms with Gasteiger partial charge in [0, 0.05) is 0 Å². The summed E-state index contributed by atoms with van der Waals surface area (Å²) in [5.74, 6) is -0.842. The van der Waals surface area contributed by atoms with Crippen molar-refractivity contribution in [2.45, 2.75) is 6.42 Å². The number of nitrogens with two attached hydrogens (primary N) is 1. The minimum Gasteiger partial charge on any atom is -0.481 e. The van der Waals surface area contributed by atoms with Gasteiger partial charge in [0.15, 0.2) is 0 Å². The number of hydrogen-bond acceptors (Lipinski definition) is 3. The molecule has 0 spiro atoms. The van der Waals surface area contributed by atoms with Crippen LogP contribution in [0.4, 0.5) is 5.00 Å². The van der Waals surface area contributed by atoms with E-state index < -0.39 is 5.97 Å². The van der Waals surface area contributed by atoms with Gasteiger partial charge in [0.25, 0.3) is 0 Å². The lowest BCUT2D eigenvalue weighted by molar-refractivity contribution is -0.136. The normalized spacial score (nSPS) is 9.60. The lowest BCUT2D eigenvalue weighted by atomic mass is 10.2. The van der Waals surface area contributed by atoms with E-state index in [1.54, 1.807) is 11.4 Å². The smallest absolute Gasteiger partial charge is 0.307 e. The molecule has 3 N–H and O–H groups in total. The van der Waals surface area contributed by atoms with Crippen molar-refractivity contribution < 1.29 is 9.90 Å². The summed E-state index contributed by atoms with van der Waals surface area (Å²) in [7, 11) is 0. The van der Waals surface area contributed by atoms with Gasteiger partial charge in [-0.3, -0.25) is 4.79 Å². The Morgan fingerprint density at radius 1 is 1.80 bits per heavy atom. The van der Waals surface area contributed by atoms with Gasteiger partial charge in [-0.1, -0.05) is 0 Å². The van der Waals surface area contributed by atoms with Crippen molar-refractivity contribution >= 4 is 22.3 Å². The molecule has 1 aromatic heterocycles. The van der Waals surface area contributed by atoms with Gasteiger partial charge in [0.2, 0.25) is 0 Å². The van der Waals surface area contributed by atoms with E-state index in [-0.39, 0.29) is 6.42 Å². The van der Waals surface area contributed by atoms with Crippen molar-refractivity contribution in [2.24, 2.45) is 0 Å². The molecular formula is C6H7NO2S. The van der Waals surface area contributed by atoms with Crippen LogP contribution in [-0.2, 0) is 11.2 Å². The van der Waals surface area contributed by atoms with Crippen molar-refractivity contribution in [3.63, 3.8) is 0 Å². The Labute approximate surface area is 62.1 Å². The fraction of sp³-hybridized carbons (Fsp3) is 0.167. The Hall–Kier alpha value is -1.03. The Morgan fingerprint density at radius 3 is 2.90 bits per heavy atom. The van der Waals surface area contributed by atoms with Crippen LogP contribution in [0.15, 0.2) is 11.4 Å². The second-order valence-corrected chi connectivity index (χ2v) is 2.83. The molecule has 0 atom stereocenters. The van der Waals surface area contributed by atoms with Crippen LogP contribution in [0.3, 0.4) is 0 Å². The molecule has 0 saturated carbocycles. The molecule has 0 aromatic carbocycles. The summed E-state index contributed by atoms with van der Waals surface area (Å²) in [6, 6.07) is 1.73. The van der Waals surface area contributed by atoms with E-state index in [4.69, 9.17) is 10.8 Å². The van der Waals surface area contributed by atoms with E-state index in [2.05, 4.69) is 0 Å². The number of thiophene rings is 1. The fourth-order valence-electron chi connectivity index (χ4n) is 0.656. The van der Waals surface area contributed by atoms with Gasteiger partial charge >= 0.3 is 5.97 Å². The molecule has 0 bridgehead atoms. The highest BCUT2D eigenvalue weighted by Crippen LogP contribution is 2.18. The Balaban J connectivity index is 2.74. The highest BCUT2D eigenvalue weighted by atomic mass is 32.1. The van der Waals surface area contributed by atoms with Crippen molar-refractivity contribution in [3.8, 4) is 0 Å². The average molecular weight is 157 g/mol. The Kier molecular flexibility index (Phi) is 1.91. The first-order valence-electron chi connectivity index (χ1n) is 2.74. The second kappa shape index (κ2) is 2.70. The first-order valence-corrected chi connectivity index (χ1v) is 3.62. The lowest BCUT2D eigenvalue weighted by Crippen LogP contribution is -2.00. The van der Waals surface area contributed by atoms with Crippen LogP contribution in [0.25, 0.3) is 0 Å². The number of carbonyl (C=O) groups is 1. The third kappa shape index (κ3) is 1.48. The number of nitrogen functional groups attached to an aromatic ring is 1. The summed E-state index contributed by atoms with van der Waals surface area (Å²) in [6.45, 7) is 0. The number of carboxylic acids is 1. The molecule has 1 heterocycles. The molecule has 0 unspecified atom stereocenters. The quantitative estimate of drug-likeness (QED) is 0.672. The maximum Gasteiger partial charge on any atom is 0.307 e. The number of carboxylic acid groups (broad SMARTS) is 1. The van der Waals surface area contributed by atoms with E-state index in [0.717, 1.165) is 0 Å². The number of aliphatic carboxylic acids is 1. The van der Waals surface area contributed by atoms with Gasteiger partial charge in [-0.15, -0.1) is 11.3 Å². The first kappa shape index (κ1) is 7.08. The van der Waals surface area contributed by atoms with Crippen molar-refractivity contribution in [3.05, 3.63) is 17.0 Å². The number of hydrogen-bond donors (Lipinski definition) is 2. The lowest BCUT2D eigenvalue weighted by Gasteiger charge is -1.91. The molecule has 1 aromatic rings. The molecule has 4 heteroatoms. The van der Waals surface area contributed by atoms with Crippen LogP contribution in [-0.4, -0.2) is 11.1 Å². The zero-order chi connectivity index (χ0) is 7.56. The zero-order valence-electron chi connectivity index (χ0n) is 5.20. The molecule has 3 nitrogen and oxygen atoms in total. The maximum absolute atomic E-state index is 10.2. The maximum atomic E-state index is 10.2. The average Bonchev–Trinajstić information content (AvgIpc) is 2.15. The molecule has 0 amide bonds. The molecule has 0 aliphatic rings. The molecule has 54 valence electrons. The van der Waals surface area contributed by atoms with Gasteiger partial charge in [-0.05, 0) is 17.0 Å². The van der Waals surface area contributed by atoms with Crippen LogP contribution in [0, 0.1) is 0 Å². The molecule has 0 saturated heterocycles. The predicted molar refractivity (Wildman–Crippen MR) is 40.1 cm³/mol. The summed E-state index contributed by atoms with van der Waals surface area (Å²) < 4.78 is 0. The zero-order valence-corrected chi connectivity index (χ0v) is 6.02. The van der Waals surface area contributed by atoms with Gasteiger partial charge in [0.05, 0.1) is 11.4 Å². The highest BCUT2D eigenvalue weighted by Gasteiger charge is 2.03. The van der Waals surface area contributed by atoms with E-state index >= 15 is 0 Å². The highest BCUT2D eigenvalue weighted by molar-refractivity contribution is 7.14. The molecule has 0 aliphatic carbocycles. The van der Waals surface area contributed by atoms with Crippen molar-refractivity contribution in [1.29, 1.82) is 0 Å². The van der Waals surface area contributed by atoms with Gasteiger partial charge in [-0.25, -0.2) is 0 Å². The minimum absolute atomic E-state index is 0.0231. The van der Waals surface area contributed by atoms with Crippen LogP contribution < -0.4 is 5.73 Å². The molecular weight excluding hydrogens is 150 g/mol. The van der Waals surface area contributed by atoms with Gasteiger partial charge < -0.3 is 10.8 Å². The molecule has 10 heavy (non-hydrogen) atoms.